The minimum Gasteiger partial charge on any atom is -0.463 e. The summed E-state index contributed by atoms with van der Waals surface area (Å²) in [5, 5.41) is 3.02. The largest absolute Gasteiger partial charge is 0.463 e. The smallest absolute Gasteiger partial charge is 0.333 e. The van der Waals surface area contributed by atoms with Gasteiger partial charge in [-0.25, -0.2) is 4.79 Å². The Morgan fingerprint density at radius 1 is 1.48 bits per heavy atom. The fourth-order valence-electron chi connectivity index (χ4n) is 2.90. The molecule has 120 valence electrons. The zero-order valence-corrected chi connectivity index (χ0v) is 13.5. The quantitative estimate of drug-likeness (QED) is 0.732. The third kappa shape index (κ3) is 5.50. The van der Waals surface area contributed by atoms with Crippen LogP contribution in [0, 0.1) is 11.8 Å². The van der Waals surface area contributed by atoms with E-state index >= 15 is 0 Å². The van der Waals surface area contributed by atoms with Gasteiger partial charge in [-0.1, -0.05) is 19.9 Å². The first-order chi connectivity index (χ1) is 9.85. The molecule has 1 aliphatic rings. The summed E-state index contributed by atoms with van der Waals surface area (Å²) in [6.07, 6.45) is 4.02. The first kappa shape index (κ1) is 17.7. The van der Waals surface area contributed by atoms with Gasteiger partial charge in [0.05, 0.1) is 6.61 Å². The summed E-state index contributed by atoms with van der Waals surface area (Å²) in [7, 11) is 0. The molecule has 0 unspecified atom stereocenters. The van der Waals surface area contributed by atoms with Gasteiger partial charge in [-0.3, -0.25) is 4.79 Å². The first-order valence-corrected chi connectivity index (χ1v) is 7.74. The Hall–Kier alpha value is -1.36. The molecule has 0 heterocycles. The van der Waals surface area contributed by atoms with Crippen molar-refractivity contribution in [1.82, 2.24) is 5.32 Å². The number of carbonyl (C=O) groups is 2. The summed E-state index contributed by atoms with van der Waals surface area (Å²) in [6, 6.07) is -0.0810. The molecule has 1 amide bonds. The average molecular weight is 296 g/mol. The van der Waals surface area contributed by atoms with Crippen molar-refractivity contribution in [2.45, 2.75) is 59.0 Å². The van der Waals surface area contributed by atoms with Crippen LogP contribution in [0.25, 0.3) is 0 Å². The Morgan fingerprint density at radius 2 is 2.14 bits per heavy atom. The number of ether oxygens (including phenoxy) is 1. The van der Waals surface area contributed by atoms with E-state index in [2.05, 4.69) is 19.2 Å². The van der Waals surface area contributed by atoms with Crippen LogP contribution in [0.3, 0.4) is 0 Å². The summed E-state index contributed by atoms with van der Waals surface area (Å²) in [5.41, 5.74) is 6.91. The molecule has 3 N–H and O–H groups in total. The van der Waals surface area contributed by atoms with Crippen molar-refractivity contribution in [3.05, 3.63) is 11.6 Å². The van der Waals surface area contributed by atoms with Crippen LogP contribution in [-0.2, 0) is 14.3 Å². The van der Waals surface area contributed by atoms with Crippen LogP contribution >= 0.6 is 0 Å². The lowest BCUT2D eigenvalue weighted by Gasteiger charge is -2.35. The van der Waals surface area contributed by atoms with Crippen LogP contribution in [0.2, 0.25) is 0 Å². The van der Waals surface area contributed by atoms with Gasteiger partial charge in [-0.05, 0) is 38.0 Å². The zero-order chi connectivity index (χ0) is 16.0. The van der Waals surface area contributed by atoms with E-state index in [0.29, 0.717) is 30.9 Å². The summed E-state index contributed by atoms with van der Waals surface area (Å²) in [4.78, 5) is 23.2. The maximum atomic E-state index is 11.8. The fourth-order valence-corrected chi connectivity index (χ4v) is 2.90. The Balaban J connectivity index is 2.77. The Morgan fingerprint density at radius 3 is 2.62 bits per heavy atom. The molecule has 1 aliphatic carbocycles. The van der Waals surface area contributed by atoms with Crippen LogP contribution in [-0.4, -0.2) is 30.6 Å². The summed E-state index contributed by atoms with van der Waals surface area (Å²) < 4.78 is 5.02. The van der Waals surface area contributed by atoms with Gasteiger partial charge in [0.25, 0.3) is 0 Å². The monoisotopic (exact) mass is 296 g/mol. The van der Waals surface area contributed by atoms with Crippen LogP contribution in [0.4, 0.5) is 0 Å². The van der Waals surface area contributed by atoms with Gasteiger partial charge in [0.2, 0.25) is 5.91 Å². The van der Waals surface area contributed by atoms with E-state index in [1.165, 1.54) is 6.92 Å². The van der Waals surface area contributed by atoms with Gasteiger partial charge < -0.3 is 15.8 Å². The number of esters is 1. The highest BCUT2D eigenvalue weighted by molar-refractivity contribution is 5.88. The van der Waals surface area contributed by atoms with Crippen molar-refractivity contribution in [3.8, 4) is 0 Å². The molecule has 0 aromatic carbocycles. The van der Waals surface area contributed by atoms with Crippen molar-refractivity contribution < 1.29 is 14.3 Å². The fraction of sp³-hybridized carbons (Fsp3) is 0.750. The standard InChI is InChI=1S/C16H28N2O3/c1-5-21-16(20)12-6-7-13(14(17)9-12)15(8-10(2)3)18-11(4)19/h6,10,13-15H,5,7-9,17H2,1-4H3,(H,18,19)/t13-,14-,15+/m1/s1. The molecule has 0 bridgehead atoms. The Kier molecular flexibility index (Phi) is 6.89. The molecule has 5 heteroatoms. The predicted octanol–water partition coefficient (Wildman–Crippen LogP) is 1.76. The molecule has 0 fully saturated rings. The highest BCUT2D eigenvalue weighted by atomic mass is 16.5. The molecule has 0 saturated heterocycles. The SMILES string of the molecule is CCOC(=O)C1=CC[C@@H]([C@H](CC(C)C)NC(C)=O)[C@H](N)C1. The molecule has 21 heavy (non-hydrogen) atoms. The second-order valence-corrected chi connectivity index (χ2v) is 6.15. The van der Waals surface area contributed by atoms with Crippen LogP contribution in [0.1, 0.15) is 47.0 Å². The summed E-state index contributed by atoms with van der Waals surface area (Å²) >= 11 is 0. The topological polar surface area (TPSA) is 81.4 Å². The minimum absolute atomic E-state index is 0.0342. The van der Waals surface area contributed by atoms with Crippen molar-refractivity contribution in [1.29, 1.82) is 0 Å². The summed E-state index contributed by atoms with van der Waals surface area (Å²) in [6.45, 7) is 7.95. The molecular weight excluding hydrogens is 268 g/mol. The number of amides is 1. The molecule has 0 spiro atoms. The van der Waals surface area contributed by atoms with Crippen molar-refractivity contribution in [2.75, 3.05) is 6.61 Å². The van der Waals surface area contributed by atoms with Gasteiger partial charge in [0.15, 0.2) is 0 Å². The summed E-state index contributed by atoms with van der Waals surface area (Å²) in [5.74, 6) is 0.332. The number of hydrogen-bond donors (Lipinski definition) is 2. The molecule has 1 rings (SSSR count). The van der Waals surface area contributed by atoms with Crippen molar-refractivity contribution >= 4 is 11.9 Å². The van der Waals surface area contributed by atoms with Crippen molar-refractivity contribution in [3.63, 3.8) is 0 Å². The molecule has 5 nitrogen and oxygen atoms in total. The van der Waals surface area contributed by atoms with E-state index in [4.69, 9.17) is 10.5 Å². The second kappa shape index (κ2) is 8.17. The van der Waals surface area contributed by atoms with E-state index in [9.17, 15) is 9.59 Å². The Labute approximate surface area is 127 Å². The van der Waals surface area contributed by atoms with Gasteiger partial charge >= 0.3 is 5.97 Å². The number of rotatable bonds is 6. The molecule has 0 aromatic rings. The van der Waals surface area contributed by atoms with Gasteiger partial charge in [-0.2, -0.15) is 0 Å². The van der Waals surface area contributed by atoms with E-state index in [-0.39, 0.29) is 29.9 Å². The first-order valence-electron chi connectivity index (χ1n) is 7.74. The lowest BCUT2D eigenvalue weighted by atomic mass is 9.78. The van der Waals surface area contributed by atoms with E-state index in [0.717, 1.165) is 6.42 Å². The highest BCUT2D eigenvalue weighted by Crippen LogP contribution is 2.28. The maximum absolute atomic E-state index is 11.8. The second-order valence-electron chi connectivity index (χ2n) is 6.15. The van der Waals surface area contributed by atoms with Crippen LogP contribution < -0.4 is 11.1 Å². The lowest BCUT2D eigenvalue weighted by molar-refractivity contribution is -0.139. The third-order valence-corrected chi connectivity index (χ3v) is 3.81. The number of hydrogen-bond acceptors (Lipinski definition) is 4. The van der Waals surface area contributed by atoms with Gasteiger partial charge in [-0.15, -0.1) is 0 Å². The third-order valence-electron chi connectivity index (χ3n) is 3.81. The van der Waals surface area contributed by atoms with Crippen molar-refractivity contribution in [2.24, 2.45) is 17.6 Å². The normalized spacial score (nSPS) is 23.4. The zero-order valence-electron chi connectivity index (χ0n) is 13.5. The number of carbonyl (C=O) groups excluding carboxylic acids is 2. The van der Waals surface area contributed by atoms with Gasteiger partial charge in [0, 0.05) is 24.6 Å². The minimum atomic E-state index is -0.272. The highest BCUT2D eigenvalue weighted by Gasteiger charge is 2.32. The van der Waals surface area contributed by atoms with E-state index in [1.54, 1.807) is 6.92 Å². The molecule has 0 aliphatic heterocycles. The van der Waals surface area contributed by atoms with E-state index in [1.807, 2.05) is 6.08 Å². The molecule has 0 saturated carbocycles. The number of allylic oxidation sites excluding steroid dienone is 1. The predicted molar refractivity (Wildman–Crippen MR) is 82.5 cm³/mol. The Bertz CT molecular complexity index is 404. The molecule has 3 atom stereocenters. The molecule has 0 aromatic heterocycles. The van der Waals surface area contributed by atoms with Gasteiger partial charge in [0.1, 0.15) is 0 Å². The average Bonchev–Trinajstić information content (AvgIpc) is 2.36. The van der Waals surface area contributed by atoms with E-state index < -0.39 is 0 Å². The molecule has 0 radical (unpaired) electrons. The van der Waals surface area contributed by atoms with Crippen LogP contribution in [0.5, 0.6) is 0 Å². The lowest BCUT2D eigenvalue weighted by Crippen LogP contribution is -2.49. The maximum Gasteiger partial charge on any atom is 0.333 e. The molecular formula is C16H28N2O3. The number of nitrogens with two attached hydrogens (primary N) is 1. The number of nitrogens with one attached hydrogen (secondary N) is 1. The van der Waals surface area contributed by atoms with Crippen LogP contribution in [0.15, 0.2) is 11.6 Å².